The van der Waals surface area contributed by atoms with Gasteiger partial charge in [-0.15, -0.1) is 0 Å². The first-order valence-corrected chi connectivity index (χ1v) is 7.29. The van der Waals surface area contributed by atoms with Crippen LogP contribution in [0.4, 0.5) is 0 Å². The molecule has 0 aliphatic carbocycles. The zero-order valence-electron chi connectivity index (χ0n) is 13.1. The van der Waals surface area contributed by atoms with Crippen molar-refractivity contribution in [2.24, 2.45) is 0 Å². The number of methoxy groups -OCH3 is 2. The Bertz CT molecular complexity index is 360. The fraction of sp³-hybridized carbons (Fsp3) is 0.625. The van der Waals surface area contributed by atoms with Crippen molar-refractivity contribution in [2.45, 2.75) is 32.7 Å². The van der Waals surface area contributed by atoms with Crippen LogP contribution in [0.15, 0.2) is 18.2 Å². The Labute approximate surface area is 122 Å². The van der Waals surface area contributed by atoms with Gasteiger partial charge < -0.3 is 19.5 Å². The van der Waals surface area contributed by atoms with Crippen molar-refractivity contribution in [1.29, 1.82) is 0 Å². The monoisotopic (exact) mass is 281 g/mol. The second kappa shape index (κ2) is 9.61. The molecule has 0 bridgehead atoms. The van der Waals surface area contributed by atoms with Gasteiger partial charge in [0.25, 0.3) is 0 Å². The fourth-order valence-electron chi connectivity index (χ4n) is 2.11. The topological polar surface area (TPSA) is 39.7 Å². The summed E-state index contributed by atoms with van der Waals surface area (Å²) in [7, 11) is 3.34. The first kappa shape index (κ1) is 16.8. The smallest absolute Gasteiger partial charge is 0.122 e. The predicted octanol–water partition coefficient (Wildman–Crippen LogP) is 3.17. The molecule has 1 aromatic carbocycles. The first-order chi connectivity index (χ1) is 9.74. The summed E-state index contributed by atoms with van der Waals surface area (Å²) in [4.78, 5) is 0. The van der Waals surface area contributed by atoms with Gasteiger partial charge in [0.1, 0.15) is 11.5 Å². The van der Waals surface area contributed by atoms with Gasteiger partial charge in [-0.05, 0) is 37.1 Å². The average molecular weight is 281 g/mol. The van der Waals surface area contributed by atoms with E-state index in [1.165, 1.54) is 5.56 Å². The van der Waals surface area contributed by atoms with E-state index in [-0.39, 0.29) is 6.04 Å². The zero-order chi connectivity index (χ0) is 14.8. The highest BCUT2D eigenvalue weighted by molar-refractivity contribution is 5.39. The quantitative estimate of drug-likeness (QED) is 0.669. The normalized spacial score (nSPS) is 12.2. The molecule has 0 heterocycles. The highest BCUT2D eigenvalue weighted by atomic mass is 16.5. The lowest BCUT2D eigenvalue weighted by molar-refractivity contribution is 0.124. The summed E-state index contributed by atoms with van der Waals surface area (Å²) in [6, 6.07) is 6.24. The van der Waals surface area contributed by atoms with E-state index >= 15 is 0 Å². The number of benzene rings is 1. The summed E-state index contributed by atoms with van der Waals surface area (Å²) in [6.07, 6.45) is 1.99. The van der Waals surface area contributed by atoms with E-state index in [0.29, 0.717) is 0 Å². The van der Waals surface area contributed by atoms with Gasteiger partial charge in [0.2, 0.25) is 0 Å². The lowest BCUT2D eigenvalue weighted by Crippen LogP contribution is -2.22. The minimum Gasteiger partial charge on any atom is -0.497 e. The largest absolute Gasteiger partial charge is 0.497 e. The van der Waals surface area contributed by atoms with Gasteiger partial charge >= 0.3 is 0 Å². The molecule has 0 fully saturated rings. The molecule has 1 N–H and O–H groups in total. The van der Waals surface area contributed by atoms with Gasteiger partial charge in [-0.3, -0.25) is 0 Å². The Hall–Kier alpha value is -1.26. The second-order valence-electron chi connectivity index (χ2n) is 4.66. The molecular weight excluding hydrogens is 254 g/mol. The molecule has 0 radical (unpaired) electrons. The van der Waals surface area contributed by atoms with E-state index in [4.69, 9.17) is 14.2 Å². The van der Waals surface area contributed by atoms with E-state index < -0.39 is 0 Å². The van der Waals surface area contributed by atoms with Crippen LogP contribution < -0.4 is 14.8 Å². The molecule has 4 heteroatoms. The predicted molar refractivity (Wildman–Crippen MR) is 81.7 cm³/mol. The Morgan fingerprint density at radius 2 is 1.65 bits per heavy atom. The highest BCUT2D eigenvalue weighted by Crippen LogP contribution is 2.27. The van der Waals surface area contributed by atoms with Crippen LogP contribution in [0.5, 0.6) is 11.5 Å². The van der Waals surface area contributed by atoms with Crippen molar-refractivity contribution in [3.63, 3.8) is 0 Å². The second-order valence-corrected chi connectivity index (χ2v) is 4.66. The van der Waals surface area contributed by atoms with E-state index in [2.05, 4.69) is 31.3 Å². The Balaban J connectivity index is 2.78. The van der Waals surface area contributed by atoms with Crippen LogP contribution in [-0.4, -0.2) is 34.0 Å². The maximum absolute atomic E-state index is 5.59. The lowest BCUT2D eigenvalue weighted by atomic mass is 10.0. The van der Waals surface area contributed by atoms with Crippen LogP contribution in [0.1, 0.15) is 38.3 Å². The SMILES string of the molecule is CCCOCCC(NCC)c1cc(OC)cc(OC)c1. The molecule has 20 heavy (non-hydrogen) atoms. The van der Waals surface area contributed by atoms with Crippen molar-refractivity contribution in [1.82, 2.24) is 5.32 Å². The van der Waals surface area contributed by atoms with Crippen molar-refractivity contribution in [3.05, 3.63) is 23.8 Å². The Kier molecular flexibility index (Phi) is 8.07. The van der Waals surface area contributed by atoms with E-state index in [1.807, 2.05) is 6.07 Å². The van der Waals surface area contributed by atoms with Crippen molar-refractivity contribution in [3.8, 4) is 11.5 Å². The number of nitrogens with one attached hydrogen (secondary N) is 1. The minimum atomic E-state index is 0.251. The minimum absolute atomic E-state index is 0.251. The van der Waals surface area contributed by atoms with Crippen LogP contribution in [-0.2, 0) is 4.74 Å². The van der Waals surface area contributed by atoms with Crippen LogP contribution in [0.25, 0.3) is 0 Å². The van der Waals surface area contributed by atoms with Gasteiger partial charge in [0.05, 0.1) is 14.2 Å². The maximum Gasteiger partial charge on any atom is 0.122 e. The number of ether oxygens (including phenoxy) is 3. The van der Waals surface area contributed by atoms with E-state index in [1.54, 1.807) is 14.2 Å². The Morgan fingerprint density at radius 3 is 2.15 bits per heavy atom. The van der Waals surface area contributed by atoms with Gasteiger partial charge in [-0.25, -0.2) is 0 Å². The van der Waals surface area contributed by atoms with Crippen LogP contribution in [0.2, 0.25) is 0 Å². The number of rotatable bonds is 10. The van der Waals surface area contributed by atoms with Gasteiger partial charge in [0.15, 0.2) is 0 Å². The summed E-state index contributed by atoms with van der Waals surface area (Å²) in [5.41, 5.74) is 1.17. The van der Waals surface area contributed by atoms with Gasteiger partial charge in [-0.2, -0.15) is 0 Å². The Morgan fingerprint density at radius 1 is 1.00 bits per heavy atom. The van der Waals surface area contributed by atoms with E-state index in [9.17, 15) is 0 Å². The molecule has 0 aliphatic heterocycles. The molecule has 0 saturated heterocycles. The molecule has 1 rings (SSSR count). The molecular formula is C16H27NO3. The van der Waals surface area contributed by atoms with E-state index in [0.717, 1.165) is 44.1 Å². The zero-order valence-corrected chi connectivity index (χ0v) is 13.1. The van der Waals surface area contributed by atoms with Crippen molar-refractivity contribution < 1.29 is 14.2 Å². The van der Waals surface area contributed by atoms with Crippen LogP contribution >= 0.6 is 0 Å². The molecule has 0 aromatic heterocycles. The summed E-state index contributed by atoms with van der Waals surface area (Å²) in [6.45, 7) is 6.72. The third-order valence-electron chi connectivity index (χ3n) is 3.13. The molecule has 1 aromatic rings. The molecule has 114 valence electrons. The first-order valence-electron chi connectivity index (χ1n) is 7.29. The van der Waals surface area contributed by atoms with Crippen LogP contribution in [0.3, 0.4) is 0 Å². The fourth-order valence-corrected chi connectivity index (χ4v) is 2.11. The summed E-state index contributed by atoms with van der Waals surface area (Å²) in [5.74, 6) is 1.63. The molecule has 0 saturated carbocycles. The third-order valence-corrected chi connectivity index (χ3v) is 3.13. The van der Waals surface area contributed by atoms with Gasteiger partial charge in [-0.1, -0.05) is 13.8 Å². The average Bonchev–Trinajstić information content (AvgIpc) is 2.49. The molecule has 0 amide bonds. The third kappa shape index (κ3) is 5.39. The summed E-state index contributed by atoms with van der Waals surface area (Å²) < 4.78 is 16.3. The molecule has 4 nitrogen and oxygen atoms in total. The molecule has 1 atom stereocenters. The standard InChI is InChI=1S/C16H27NO3/c1-5-8-20-9-7-16(17-6-2)13-10-14(18-3)12-15(11-13)19-4/h10-12,16-17H,5-9H2,1-4H3. The molecule has 0 spiro atoms. The molecule has 0 aliphatic rings. The lowest BCUT2D eigenvalue weighted by Gasteiger charge is -2.20. The van der Waals surface area contributed by atoms with Crippen LogP contribution in [0, 0.1) is 0 Å². The van der Waals surface area contributed by atoms with Crippen molar-refractivity contribution in [2.75, 3.05) is 34.0 Å². The number of hydrogen-bond acceptors (Lipinski definition) is 4. The summed E-state index contributed by atoms with van der Waals surface area (Å²) >= 11 is 0. The molecule has 1 unspecified atom stereocenters. The number of hydrogen-bond donors (Lipinski definition) is 1. The maximum atomic E-state index is 5.59. The highest BCUT2D eigenvalue weighted by Gasteiger charge is 2.13. The van der Waals surface area contributed by atoms with Gasteiger partial charge in [0, 0.05) is 25.3 Å². The van der Waals surface area contributed by atoms with Crippen molar-refractivity contribution >= 4 is 0 Å². The summed E-state index contributed by atoms with van der Waals surface area (Å²) in [5, 5.41) is 3.49.